The first-order valence-electron chi connectivity index (χ1n) is 12.0. The Bertz CT molecular complexity index is 1860. The average molecular weight is 507 g/mol. The van der Waals surface area contributed by atoms with Crippen LogP contribution in [0, 0.1) is 12.7 Å². The van der Waals surface area contributed by atoms with Crippen LogP contribution in [0.3, 0.4) is 0 Å². The van der Waals surface area contributed by atoms with E-state index in [1.165, 1.54) is 17.0 Å². The zero-order chi connectivity index (χ0) is 26.2. The van der Waals surface area contributed by atoms with Crippen LogP contribution >= 0.6 is 0 Å². The molecule has 6 rings (SSSR count). The number of H-pyrrole nitrogens is 1. The first kappa shape index (κ1) is 23.3. The van der Waals surface area contributed by atoms with Gasteiger partial charge in [0, 0.05) is 24.5 Å². The topological polar surface area (TPSA) is 127 Å². The SMILES string of the molecule is Cc1cc(Cn2cnc3ccnc(NCc4ccc(-c5cnc6n[nH]c(N)c6c5)cc4)c3c2=O)ccc1F. The van der Waals surface area contributed by atoms with E-state index in [0.717, 1.165) is 27.6 Å². The molecule has 2 aromatic carbocycles. The number of aryl methyl sites for hydroxylation is 1. The average Bonchev–Trinajstić information content (AvgIpc) is 3.31. The molecule has 0 aliphatic carbocycles. The Morgan fingerprint density at radius 1 is 1.00 bits per heavy atom. The van der Waals surface area contributed by atoms with E-state index in [1.807, 2.05) is 30.3 Å². The van der Waals surface area contributed by atoms with Crippen LogP contribution < -0.4 is 16.6 Å². The molecule has 0 fully saturated rings. The number of rotatable bonds is 6. The lowest BCUT2D eigenvalue weighted by molar-refractivity contribution is 0.616. The minimum Gasteiger partial charge on any atom is -0.384 e. The lowest BCUT2D eigenvalue weighted by Crippen LogP contribution is -2.22. The molecule has 0 aliphatic heterocycles. The van der Waals surface area contributed by atoms with Gasteiger partial charge in [0.15, 0.2) is 5.65 Å². The number of aromatic nitrogens is 6. The van der Waals surface area contributed by atoms with Gasteiger partial charge in [0.25, 0.3) is 5.56 Å². The first-order chi connectivity index (χ1) is 18.5. The lowest BCUT2D eigenvalue weighted by Gasteiger charge is -2.11. The van der Waals surface area contributed by atoms with Gasteiger partial charge in [0.2, 0.25) is 0 Å². The maximum Gasteiger partial charge on any atom is 0.265 e. The number of halogens is 1. The molecule has 0 atom stereocenters. The molecule has 0 radical (unpaired) electrons. The number of hydrogen-bond acceptors (Lipinski definition) is 7. The highest BCUT2D eigenvalue weighted by molar-refractivity contribution is 5.89. The van der Waals surface area contributed by atoms with Crippen molar-refractivity contribution in [2.24, 2.45) is 0 Å². The van der Waals surface area contributed by atoms with E-state index < -0.39 is 0 Å². The molecular weight excluding hydrogens is 483 g/mol. The van der Waals surface area contributed by atoms with Crippen molar-refractivity contribution in [2.75, 3.05) is 11.1 Å². The largest absolute Gasteiger partial charge is 0.384 e. The van der Waals surface area contributed by atoms with Gasteiger partial charge in [0.05, 0.1) is 23.8 Å². The van der Waals surface area contributed by atoms with Gasteiger partial charge in [-0.2, -0.15) is 5.10 Å². The third-order valence-corrected chi connectivity index (χ3v) is 6.50. The van der Waals surface area contributed by atoms with Crippen LogP contribution in [-0.4, -0.2) is 29.7 Å². The number of nitrogens with zero attached hydrogens (tertiary/aromatic N) is 5. The number of benzene rings is 2. The highest BCUT2D eigenvalue weighted by atomic mass is 19.1. The molecule has 0 bridgehead atoms. The summed E-state index contributed by atoms with van der Waals surface area (Å²) in [6.45, 7) is 2.44. The van der Waals surface area contributed by atoms with Gasteiger partial charge in [0.1, 0.15) is 22.8 Å². The predicted molar refractivity (Wildman–Crippen MR) is 145 cm³/mol. The summed E-state index contributed by atoms with van der Waals surface area (Å²) in [7, 11) is 0. The van der Waals surface area contributed by atoms with E-state index in [1.54, 1.807) is 37.5 Å². The Morgan fingerprint density at radius 3 is 2.63 bits per heavy atom. The smallest absolute Gasteiger partial charge is 0.265 e. The molecule has 0 unspecified atom stereocenters. The summed E-state index contributed by atoms with van der Waals surface area (Å²) in [5, 5.41) is 11.3. The minimum atomic E-state index is -0.276. The maximum absolute atomic E-state index is 13.7. The van der Waals surface area contributed by atoms with Crippen molar-refractivity contribution in [2.45, 2.75) is 20.0 Å². The second-order valence-electron chi connectivity index (χ2n) is 9.10. The molecule has 0 saturated heterocycles. The quantitative estimate of drug-likeness (QED) is 0.305. The van der Waals surface area contributed by atoms with Gasteiger partial charge in [-0.1, -0.05) is 36.4 Å². The Hall–Kier alpha value is -5.12. The van der Waals surface area contributed by atoms with Crippen LogP contribution in [0.5, 0.6) is 0 Å². The fourth-order valence-corrected chi connectivity index (χ4v) is 4.42. The molecule has 6 aromatic rings. The molecule has 4 aromatic heterocycles. The summed E-state index contributed by atoms with van der Waals surface area (Å²) in [5.41, 5.74) is 11.1. The molecule has 0 saturated carbocycles. The predicted octanol–water partition coefficient (Wildman–Crippen LogP) is 4.42. The number of hydrogen-bond donors (Lipinski definition) is 3. The van der Waals surface area contributed by atoms with Gasteiger partial charge >= 0.3 is 0 Å². The van der Waals surface area contributed by atoms with Crippen LogP contribution in [0.25, 0.3) is 33.1 Å². The van der Waals surface area contributed by atoms with Gasteiger partial charge in [-0.05, 0) is 47.4 Å². The number of anilines is 2. The summed E-state index contributed by atoms with van der Waals surface area (Å²) >= 11 is 0. The van der Waals surface area contributed by atoms with Gasteiger partial charge in [-0.3, -0.25) is 14.5 Å². The van der Waals surface area contributed by atoms with Crippen molar-refractivity contribution in [1.82, 2.24) is 29.7 Å². The fraction of sp³-hybridized carbons (Fsp3) is 0.107. The lowest BCUT2D eigenvalue weighted by atomic mass is 10.0. The molecule has 4 heterocycles. The van der Waals surface area contributed by atoms with E-state index >= 15 is 0 Å². The molecule has 188 valence electrons. The van der Waals surface area contributed by atoms with Gasteiger partial charge in [-0.15, -0.1) is 0 Å². The van der Waals surface area contributed by atoms with Gasteiger partial charge in [-0.25, -0.2) is 19.3 Å². The van der Waals surface area contributed by atoms with E-state index in [2.05, 4.69) is 30.5 Å². The molecular formula is C28H23FN8O. The van der Waals surface area contributed by atoms with Crippen molar-refractivity contribution in [1.29, 1.82) is 0 Å². The number of pyridine rings is 2. The zero-order valence-corrected chi connectivity index (χ0v) is 20.4. The standard InChI is InChI=1S/C28H23FN8O/c1-16-10-18(4-7-22(16)29)14-37-15-34-23-8-9-31-27(24(23)28(37)38)32-12-17-2-5-19(6-3-17)20-11-21-25(30)35-36-26(21)33-13-20/h2-11,13,15H,12,14H2,1H3,(H,31,32)(H3,30,33,35,36). The van der Waals surface area contributed by atoms with Crippen molar-refractivity contribution in [3.8, 4) is 11.1 Å². The van der Waals surface area contributed by atoms with Gasteiger partial charge < -0.3 is 11.1 Å². The second kappa shape index (κ2) is 9.40. The monoisotopic (exact) mass is 506 g/mol. The van der Waals surface area contributed by atoms with Crippen LogP contribution in [0.2, 0.25) is 0 Å². The summed E-state index contributed by atoms with van der Waals surface area (Å²) in [6.07, 6.45) is 4.90. The number of fused-ring (bicyclic) bond motifs is 2. The molecule has 38 heavy (non-hydrogen) atoms. The Morgan fingerprint density at radius 2 is 1.82 bits per heavy atom. The van der Waals surface area contributed by atoms with E-state index in [9.17, 15) is 9.18 Å². The van der Waals surface area contributed by atoms with Crippen molar-refractivity contribution in [3.63, 3.8) is 0 Å². The molecule has 0 aliphatic rings. The van der Waals surface area contributed by atoms with Crippen molar-refractivity contribution in [3.05, 3.63) is 106 Å². The Balaban J connectivity index is 1.23. The highest BCUT2D eigenvalue weighted by Crippen LogP contribution is 2.25. The Labute approximate surface area is 216 Å². The molecule has 0 amide bonds. The fourth-order valence-electron chi connectivity index (χ4n) is 4.42. The van der Waals surface area contributed by atoms with Crippen LogP contribution in [0.4, 0.5) is 16.0 Å². The summed E-state index contributed by atoms with van der Waals surface area (Å²) in [4.78, 5) is 26.6. The van der Waals surface area contributed by atoms with Crippen molar-refractivity contribution >= 4 is 33.6 Å². The normalized spacial score (nSPS) is 11.3. The highest BCUT2D eigenvalue weighted by Gasteiger charge is 2.12. The number of aromatic amines is 1. The van der Waals surface area contributed by atoms with Crippen LogP contribution in [0.15, 0.2) is 78.1 Å². The summed E-state index contributed by atoms with van der Waals surface area (Å²) in [5.74, 6) is 0.666. The van der Waals surface area contributed by atoms with E-state index in [-0.39, 0.29) is 17.9 Å². The van der Waals surface area contributed by atoms with Crippen LogP contribution in [0.1, 0.15) is 16.7 Å². The number of nitrogens with one attached hydrogen (secondary N) is 2. The third kappa shape index (κ3) is 4.32. The minimum absolute atomic E-state index is 0.218. The summed E-state index contributed by atoms with van der Waals surface area (Å²) in [6, 6.07) is 16.5. The number of nitrogen functional groups attached to an aromatic ring is 1. The molecule has 0 spiro atoms. The summed E-state index contributed by atoms with van der Waals surface area (Å²) < 4.78 is 15.2. The second-order valence-corrected chi connectivity index (χ2v) is 9.10. The number of nitrogens with two attached hydrogens (primary N) is 1. The van der Waals surface area contributed by atoms with E-state index in [0.29, 0.717) is 40.3 Å². The molecule has 9 nitrogen and oxygen atoms in total. The third-order valence-electron chi connectivity index (χ3n) is 6.50. The zero-order valence-electron chi connectivity index (χ0n) is 20.4. The molecule has 10 heteroatoms. The maximum atomic E-state index is 13.7. The van der Waals surface area contributed by atoms with Crippen LogP contribution in [-0.2, 0) is 13.1 Å². The van der Waals surface area contributed by atoms with Crippen molar-refractivity contribution < 1.29 is 4.39 Å². The first-order valence-corrected chi connectivity index (χ1v) is 12.0. The van der Waals surface area contributed by atoms with E-state index in [4.69, 9.17) is 5.73 Å². The Kier molecular flexibility index (Phi) is 5.76. The molecule has 4 N–H and O–H groups in total.